The van der Waals surface area contributed by atoms with Crippen LogP contribution in [0, 0.1) is 0 Å². The summed E-state index contributed by atoms with van der Waals surface area (Å²) in [6.07, 6.45) is 0. The molecule has 0 radical (unpaired) electrons. The van der Waals surface area contributed by atoms with Crippen LogP contribution in [0.5, 0.6) is 11.9 Å². The van der Waals surface area contributed by atoms with Gasteiger partial charge in [0.1, 0.15) is 0 Å². The lowest BCUT2D eigenvalue weighted by atomic mass is 10.2. The molecule has 2 N–H and O–H groups in total. The number of rotatable bonds is 7. The smallest absolute Gasteiger partial charge is 0.321 e. The molecule has 0 aliphatic rings. The molecule has 3 rings (SSSR count). The molecule has 12 heteroatoms. The molecular weight excluding hydrogens is 467 g/mol. The van der Waals surface area contributed by atoms with E-state index in [9.17, 15) is 13.2 Å². The first-order valence-corrected chi connectivity index (χ1v) is 10.8. The van der Waals surface area contributed by atoms with E-state index in [-0.39, 0.29) is 27.6 Å². The lowest BCUT2D eigenvalue weighted by Gasteiger charge is -2.10. The maximum atomic E-state index is 12.7. The summed E-state index contributed by atoms with van der Waals surface area (Å²) in [5.74, 6) is -0.321. The molecule has 1 amide bonds. The molecule has 0 atom stereocenters. The quantitative estimate of drug-likeness (QED) is 0.524. The Hall–Kier alpha value is -3.08. The van der Waals surface area contributed by atoms with Crippen LogP contribution in [0.1, 0.15) is 10.4 Å². The van der Waals surface area contributed by atoms with Gasteiger partial charge in [-0.15, -0.1) is 0 Å². The zero-order valence-corrected chi connectivity index (χ0v) is 18.5. The van der Waals surface area contributed by atoms with Crippen molar-refractivity contribution in [2.75, 3.05) is 24.3 Å². The summed E-state index contributed by atoms with van der Waals surface area (Å²) in [6.45, 7) is 0. The molecule has 31 heavy (non-hydrogen) atoms. The van der Waals surface area contributed by atoms with Crippen molar-refractivity contribution in [3.63, 3.8) is 0 Å². The van der Waals surface area contributed by atoms with Crippen LogP contribution in [-0.4, -0.2) is 38.5 Å². The molecule has 0 saturated carbocycles. The molecule has 0 unspecified atom stereocenters. The first-order chi connectivity index (χ1) is 14.7. The summed E-state index contributed by atoms with van der Waals surface area (Å²) in [6, 6.07) is 11.3. The number of nitrogens with one attached hydrogen (secondary N) is 2. The minimum atomic E-state index is -3.97. The third-order valence-electron chi connectivity index (χ3n) is 3.92. The van der Waals surface area contributed by atoms with Crippen LogP contribution in [0.25, 0.3) is 0 Å². The number of methoxy groups -OCH3 is 2. The number of hydrogen-bond donors (Lipinski definition) is 2. The summed E-state index contributed by atoms with van der Waals surface area (Å²) in [4.78, 5) is 20.1. The molecule has 0 spiro atoms. The third-order valence-corrected chi connectivity index (χ3v) is 6.03. The van der Waals surface area contributed by atoms with Gasteiger partial charge in [-0.25, -0.2) is 8.42 Å². The van der Waals surface area contributed by atoms with E-state index in [1.54, 1.807) is 0 Å². The predicted molar refractivity (Wildman–Crippen MR) is 117 cm³/mol. The average molecular weight is 483 g/mol. The highest BCUT2D eigenvalue weighted by molar-refractivity contribution is 7.92. The summed E-state index contributed by atoms with van der Waals surface area (Å²) >= 11 is 11.8. The van der Waals surface area contributed by atoms with Gasteiger partial charge >= 0.3 is 6.01 Å². The zero-order chi connectivity index (χ0) is 22.6. The maximum Gasteiger partial charge on any atom is 0.321 e. The molecule has 0 bridgehead atoms. The Kier molecular flexibility index (Phi) is 6.84. The molecule has 0 aliphatic heterocycles. The highest BCUT2D eigenvalue weighted by Crippen LogP contribution is 2.24. The third kappa shape index (κ3) is 5.54. The van der Waals surface area contributed by atoms with Gasteiger partial charge in [-0.2, -0.15) is 9.97 Å². The summed E-state index contributed by atoms with van der Waals surface area (Å²) < 4.78 is 37.6. The summed E-state index contributed by atoms with van der Waals surface area (Å²) in [5, 5.41) is 3.24. The lowest BCUT2D eigenvalue weighted by Crippen LogP contribution is -2.15. The minimum absolute atomic E-state index is 0.0271. The van der Waals surface area contributed by atoms with Crippen molar-refractivity contribution in [1.82, 2.24) is 9.97 Å². The Morgan fingerprint density at radius 1 is 0.935 bits per heavy atom. The van der Waals surface area contributed by atoms with Gasteiger partial charge in [0.15, 0.2) is 5.82 Å². The Bertz CT molecular complexity index is 1200. The van der Waals surface area contributed by atoms with E-state index in [4.69, 9.17) is 32.7 Å². The zero-order valence-electron chi connectivity index (χ0n) is 16.2. The molecule has 0 fully saturated rings. The summed E-state index contributed by atoms with van der Waals surface area (Å²) in [7, 11) is -1.24. The Labute approximate surface area is 188 Å². The molecular formula is C19H16Cl2N4O5S. The van der Waals surface area contributed by atoms with Crippen LogP contribution < -0.4 is 19.5 Å². The largest absolute Gasteiger partial charge is 0.481 e. The Morgan fingerprint density at radius 3 is 2.26 bits per heavy atom. The number of nitrogens with zero attached hydrogens (tertiary/aromatic N) is 2. The van der Waals surface area contributed by atoms with Crippen molar-refractivity contribution < 1.29 is 22.7 Å². The predicted octanol–water partition coefficient (Wildman–Crippen LogP) is 3.85. The second kappa shape index (κ2) is 9.38. The van der Waals surface area contributed by atoms with Crippen molar-refractivity contribution in [3.05, 3.63) is 64.1 Å². The van der Waals surface area contributed by atoms with Crippen LogP contribution in [0.15, 0.2) is 53.4 Å². The number of aromatic nitrogens is 2. The normalized spacial score (nSPS) is 11.0. The highest BCUT2D eigenvalue weighted by Gasteiger charge is 2.17. The van der Waals surface area contributed by atoms with Crippen LogP contribution in [0.2, 0.25) is 10.0 Å². The van der Waals surface area contributed by atoms with Gasteiger partial charge in [-0.3, -0.25) is 9.52 Å². The topological polar surface area (TPSA) is 120 Å². The van der Waals surface area contributed by atoms with Gasteiger partial charge in [-0.1, -0.05) is 23.2 Å². The monoisotopic (exact) mass is 482 g/mol. The van der Waals surface area contributed by atoms with Crippen LogP contribution in [0.3, 0.4) is 0 Å². The second-order valence-electron chi connectivity index (χ2n) is 6.00. The average Bonchev–Trinajstić information content (AvgIpc) is 2.75. The van der Waals surface area contributed by atoms with Crippen LogP contribution in [-0.2, 0) is 10.0 Å². The first-order valence-electron chi connectivity index (χ1n) is 8.58. The number of carbonyl (C=O) groups excluding carboxylic acids is 1. The van der Waals surface area contributed by atoms with E-state index in [0.29, 0.717) is 16.3 Å². The summed E-state index contributed by atoms with van der Waals surface area (Å²) in [5.41, 5.74) is 0.694. The van der Waals surface area contributed by atoms with E-state index >= 15 is 0 Å². The number of hydrogen-bond acceptors (Lipinski definition) is 7. The molecule has 3 aromatic rings. The number of ether oxygens (including phenoxy) is 2. The van der Waals surface area contributed by atoms with Crippen molar-refractivity contribution >= 4 is 50.6 Å². The number of sulfonamides is 1. The van der Waals surface area contributed by atoms with Crippen molar-refractivity contribution in [2.45, 2.75) is 4.90 Å². The van der Waals surface area contributed by atoms with E-state index in [0.717, 1.165) is 0 Å². The van der Waals surface area contributed by atoms with E-state index in [1.165, 1.54) is 62.8 Å². The second-order valence-corrected chi connectivity index (χ2v) is 8.49. The fourth-order valence-corrected chi connectivity index (χ4v) is 3.70. The number of benzene rings is 2. The van der Waals surface area contributed by atoms with E-state index in [2.05, 4.69) is 20.0 Å². The maximum absolute atomic E-state index is 12.7. The molecule has 0 saturated heterocycles. The molecule has 2 aromatic carbocycles. The SMILES string of the molecule is COc1cc(NS(=O)(=O)c2ccc(NC(=O)c3ccc(Cl)c(Cl)c3)cc2)nc(OC)n1. The standard InChI is InChI=1S/C19H16Cl2N4O5S/c1-29-17-10-16(23-19(24-17)30-2)25-31(27,28)13-6-4-12(5-7-13)22-18(26)11-3-8-14(20)15(21)9-11/h3-10H,1-2H3,(H,22,26)(H,23,24,25). The highest BCUT2D eigenvalue weighted by atomic mass is 35.5. The molecule has 1 aromatic heterocycles. The van der Waals surface area contributed by atoms with E-state index in [1.807, 2.05) is 0 Å². The molecule has 9 nitrogen and oxygen atoms in total. The first kappa shape index (κ1) is 22.6. The van der Waals surface area contributed by atoms with Crippen molar-refractivity contribution in [1.29, 1.82) is 0 Å². The molecule has 0 aliphatic carbocycles. The number of carbonyl (C=O) groups is 1. The Morgan fingerprint density at radius 2 is 1.65 bits per heavy atom. The van der Waals surface area contributed by atoms with Gasteiger partial charge in [0.25, 0.3) is 15.9 Å². The van der Waals surface area contributed by atoms with Gasteiger partial charge < -0.3 is 14.8 Å². The van der Waals surface area contributed by atoms with Crippen LogP contribution in [0.4, 0.5) is 11.5 Å². The van der Waals surface area contributed by atoms with Gasteiger partial charge in [-0.05, 0) is 42.5 Å². The number of halogens is 2. The van der Waals surface area contributed by atoms with Gasteiger partial charge in [0.05, 0.1) is 29.2 Å². The Balaban J connectivity index is 1.75. The van der Waals surface area contributed by atoms with Crippen molar-refractivity contribution in [3.8, 4) is 11.9 Å². The fraction of sp³-hybridized carbons (Fsp3) is 0.105. The van der Waals surface area contributed by atoms with E-state index < -0.39 is 15.9 Å². The fourth-order valence-electron chi connectivity index (χ4n) is 2.41. The molecule has 162 valence electrons. The lowest BCUT2D eigenvalue weighted by molar-refractivity contribution is 0.102. The van der Waals surface area contributed by atoms with Gasteiger partial charge in [0.2, 0.25) is 5.88 Å². The van der Waals surface area contributed by atoms with Crippen LogP contribution >= 0.6 is 23.2 Å². The number of anilines is 2. The van der Waals surface area contributed by atoms with Gasteiger partial charge in [0, 0.05) is 17.3 Å². The molecule has 1 heterocycles. The minimum Gasteiger partial charge on any atom is -0.481 e. The van der Waals surface area contributed by atoms with Crippen molar-refractivity contribution in [2.24, 2.45) is 0 Å². The number of amides is 1.